The van der Waals surface area contributed by atoms with Crippen LogP contribution < -0.4 is 0 Å². The topological polar surface area (TPSA) is 48.9 Å². The summed E-state index contributed by atoms with van der Waals surface area (Å²) < 4.78 is 26.9. The summed E-state index contributed by atoms with van der Waals surface area (Å²) >= 11 is 0. The Morgan fingerprint density at radius 2 is 2.17 bits per heavy atom. The molecule has 0 saturated carbocycles. The van der Waals surface area contributed by atoms with Crippen LogP contribution in [0.1, 0.15) is 36.4 Å². The van der Waals surface area contributed by atoms with Crippen molar-refractivity contribution in [1.29, 1.82) is 0 Å². The molecule has 0 radical (unpaired) electrons. The van der Waals surface area contributed by atoms with Gasteiger partial charge in [-0.2, -0.15) is 0 Å². The number of nitrogens with zero attached hydrogens (tertiary/aromatic N) is 1. The van der Waals surface area contributed by atoms with E-state index in [9.17, 15) is 13.9 Å². The molecule has 0 bridgehead atoms. The van der Waals surface area contributed by atoms with Gasteiger partial charge in [0, 0.05) is 12.4 Å². The van der Waals surface area contributed by atoms with Crippen molar-refractivity contribution in [3.8, 4) is 0 Å². The maximum absolute atomic E-state index is 13.7. The fourth-order valence-corrected chi connectivity index (χ4v) is 1.94. The van der Waals surface area contributed by atoms with E-state index in [-0.39, 0.29) is 5.56 Å². The number of hydrogen-bond acceptors (Lipinski definition) is 2. The first-order chi connectivity index (χ1) is 8.65. The molecule has 18 heavy (non-hydrogen) atoms. The zero-order valence-electron chi connectivity index (χ0n) is 9.95. The Labute approximate surface area is 104 Å². The van der Waals surface area contributed by atoms with E-state index in [0.717, 1.165) is 6.07 Å². The van der Waals surface area contributed by atoms with Crippen LogP contribution in [0.25, 0.3) is 0 Å². The maximum Gasteiger partial charge on any atom is 0.162 e. The van der Waals surface area contributed by atoms with Gasteiger partial charge in [-0.15, -0.1) is 0 Å². The number of H-pyrrole nitrogens is 1. The minimum Gasteiger partial charge on any atom is -0.380 e. The minimum absolute atomic E-state index is 0.210. The van der Waals surface area contributed by atoms with Crippen LogP contribution in [0.15, 0.2) is 24.5 Å². The third-order valence-electron chi connectivity index (χ3n) is 2.81. The van der Waals surface area contributed by atoms with Gasteiger partial charge in [0.15, 0.2) is 11.6 Å². The molecule has 2 aromatic rings. The van der Waals surface area contributed by atoms with Crippen molar-refractivity contribution in [1.82, 2.24) is 9.97 Å². The van der Waals surface area contributed by atoms with Crippen molar-refractivity contribution in [2.45, 2.75) is 25.9 Å². The predicted octanol–water partition coefficient (Wildman–Crippen LogP) is 2.72. The van der Waals surface area contributed by atoms with E-state index < -0.39 is 17.7 Å². The summed E-state index contributed by atoms with van der Waals surface area (Å²) in [5, 5.41) is 10.1. The highest BCUT2D eigenvalue weighted by Crippen LogP contribution is 2.27. The Morgan fingerprint density at radius 3 is 2.78 bits per heavy atom. The first-order valence-corrected chi connectivity index (χ1v) is 5.79. The number of rotatable bonds is 4. The molecule has 0 spiro atoms. The molecule has 1 aromatic heterocycles. The summed E-state index contributed by atoms with van der Waals surface area (Å²) in [5.74, 6) is -1.47. The number of halogens is 2. The number of benzene rings is 1. The van der Waals surface area contributed by atoms with Gasteiger partial charge in [-0.1, -0.05) is 19.4 Å². The zero-order valence-corrected chi connectivity index (χ0v) is 9.95. The molecular weight excluding hydrogens is 238 g/mol. The Hall–Kier alpha value is -1.75. The fourth-order valence-electron chi connectivity index (χ4n) is 1.94. The number of hydrogen-bond donors (Lipinski definition) is 2. The predicted molar refractivity (Wildman–Crippen MR) is 63.0 cm³/mol. The van der Waals surface area contributed by atoms with E-state index in [0.29, 0.717) is 24.2 Å². The first-order valence-electron chi connectivity index (χ1n) is 5.79. The Bertz CT molecular complexity index is 526. The molecular formula is C13H14F2N2O. The fraction of sp³-hybridized carbons (Fsp3) is 0.308. The van der Waals surface area contributed by atoms with E-state index in [4.69, 9.17) is 0 Å². The molecule has 1 heterocycles. The molecule has 0 saturated heterocycles. The molecule has 96 valence electrons. The van der Waals surface area contributed by atoms with Gasteiger partial charge in [0.1, 0.15) is 11.9 Å². The smallest absolute Gasteiger partial charge is 0.162 e. The monoisotopic (exact) mass is 252 g/mol. The highest BCUT2D eigenvalue weighted by molar-refractivity contribution is 5.34. The molecule has 1 aromatic carbocycles. The third-order valence-corrected chi connectivity index (χ3v) is 2.81. The summed E-state index contributed by atoms with van der Waals surface area (Å²) in [7, 11) is 0. The second kappa shape index (κ2) is 5.27. The van der Waals surface area contributed by atoms with Crippen LogP contribution in [0, 0.1) is 11.6 Å². The molecule has 2 N–H and O–H groups in total. The standard InChI is InChI=1S/C13H14F2N2O/c1-2-3-8-9(4-5-10(14)11(8)15)12(18)13-16-6-7-17-13/h4-7,12,18H,2-3H2,1H3,(H,16,17)/t12-/m0/s1. The molecule has 0 aliphatic carbocycles. The molecule has 3 nitrogen and oxygen atoms in total. The van der Waals surface area contributed by atoms with E-state index in [1.165, 1.54) is 12.3 Å². The van der Waals surface area contributed by atoms with Crippen molar-refractivity contribution in [2.24, 2.45) is 0 Å². The van der Waals surface area contributed by atoms with E-state index in [1.54, 1.807) is 6.20 Å². The molecule has 0 unspecified atom stereocenters. The minimum atomic E-state index is -1.07. The molecule has 0 fully saturated rings. The van der Waals surface area contributed by atoms with Crippen molar-refractivity contribution in [3.63, 3.8) is 0 Å². The van der Waals surface area contributed by atoms with E-state index >= 15 is 0 Å². The Balaban J connectivity index is 2.47. The first kappa shape index (κ1) is 12.7. The number of nitrogens with one attached hydrogen (secondary N) is 1. The van der Waals surface area contributed by atoms with Crippen molar-refractivity contribution >= 4 is 0 Å². The van der Waals surface area contributed by atoms with Gasteiger partial charge in [-0.25, -0.2) is 13.8 Å². The third kappa shape index (κ3) is 2.26. The molecule has 2 rings (SSSR count). The van der Waals surface area contributed by atoms with Gasteiger partial charge in [-0.05, 0) is 23.6 Å². The van der Waals surface area contributed by atoms with Gasteiger partial charge < -0.3 is 10.1 Å². The molecule has 0 amide bonds. The van der Waals surface area contributed by atoms with Gasteiger partial charge in [0.25, 0.3) is 0 Å². The summed E-state index contributed by atoms with van der Waals surface area (Å²) in [6, 6.07) is 2.42. The second-order valence-corrected chi connectivity index (χ2v) is 4.06. The van der Waals surface area contributed by atoms with E-state index in [2.05, 4.69) is 9.97 Å². The van der Waals surface area contributed by atoms with Crippen molar-refractivity contribution in [2.75, 3.05) is 0 Å². The normalized spacial score (nSPS) is 12.7. The van der Waals surface area contributed by atoms with Gasteiger partial charge in [-0.3, -0.25) is 0 Å². The van der Waals surface area contributed by atoms with Gasteiger partial charge >= 0.3 is 0 Å². The van der Waals surface area contributed by atoms with Crippen LogP contribution in [0.3, 0.4) is 0 Å². The number of aliphatic hydroxyl groups excluding tert-OH is 1. The number of aromatic amines is 1. The van der Waals surface area contributed by atoms with Crippen molar-refractivity contribution in [3.05, 3.63) is 53.1 Å². The second-order valence-electron chi connectivity index (χ2n) is 4.06. The lowest BCUT2D eigenvalue weighted by Gasteiger charge is -2.14. The number of aliphatic hydroxyl groups is 1. The summed E-state index contributed by atoms with van der Waals surface area (Å²) in [4.78, 5) is 6.69. The number of imidazole rings is 1. The average Bonchev–Trinajstić information content (AvgIpc) is 2.88. The lowest BCUT2D eigenvalue weighted by atomic mass is 9.97. The van der Waals surface area contributed by atoms with Gasteiger partial charge in [0.2, 0.25) is 0 Å². The lowest BCUT2D eigenvalue weighted by molar-refractivity contribution is 0.209. The molecule has 0 aliphatic heterocycles. The van der Waals surface area contributed by atoms with Crippen LogP contribution in [0.4, 0.5) is 8.78 Å². The Kier molecular flexibility index (Phi) is 3.72. The SMILES string of the molecule is CCCc1c([C@H](O)c2ncc[nH]2)ccc(F)c1F. The summed E-state index contributed by atoms with van der Waals surface area (Å²) in [6.45, 7) is 1.87. The Morgan fingerprint density at radius 1 is 1.39 bits per heavy atom. The van der Waals surface area contributed by atoms with Crippen LogP contribution in [-0.4, -0.2) is 15.1 Å². The summed E-state index contributed by atoms with van der Waals surface area (Å²) in [5.41, 5.74) is 0.562. The van der Waals surface area contributed by atoms with Crippen LogP contribution >= 0.6 is 0 Å². The maximum atomic E-state index is 13.7. The number of aromatic nitrogens is 2. The van der Waals surface area contributed by atoms with Crippen molar-refractivity contribution < 1.29 is 13.9 Å². The summed E-state index contributed by atoms with van der Waals surface area (Å²) in [6.07, 6.45) is 3.03. The highest BCUT2D eigenvalue weighted by Gasteiger charge is 2.20. The largest absolute Gasteiger partial charge is 0.380 e. The zero-order chi connectivity index (χ0) is 13.1. The van der Waals surface area contributed by atoms with Crippen LogP contribution in [0.5, 0.6) is 0 Å². The molecule has 1 atom stereocenters. The quantitative estimate of drug-likeness (QED) is 0.879. The van der Waals surface area contributed by atoms with Crippen LogP contribution in [-0.2, 0) is 6.42 Å². The van der Waals surface area contributed by atoms with Crippen LogP contribution in [0.2, 0.25) is 0 Å². The molecule has 0 aliphatic rings. The molecule has 5 heteroatoms. The lowest BCUT2D eigenvalue weighted by Crippen LogP contribution is -2.08. The average molecular weight is 252 g/mol. The highest BCUT2D eigenvalue weighted by atomic mass is 19.2. The van der Waals surface area contributed by atoms with Gasteiger partial charge in [0.05, 0.1) is 0 Å². The van der Waals surface area contributed by atoms with E-state index in [1.807, 2.05) is 6.92 Å².